The lowest BCUT2D eigenvalue weighted by Gasteiger charge is -2.23. The van der Waals surface area contributed by atoms with Crippen molar-refractivity contribution in [2.75, 3.05) is 10.6 Å². The monoisotopic (exact) mass is 444 g/mol. The van der Waals surface area contributed by atoms with Crippen LogP contribution >= 0.6 is 11.6 Å². The molecule has 0 bridgehead atoms. The van der Waals surface area contributed by atoms with Crippen LogP contribution in [0.1, 0.15) is 29.0 Å². The van der Waals surface area contributed by atoms with Gasteiger partial charge >= 0.3 is 0 Å². The normalized spacial score (nSPS) is 15.0. The zero-order valence-corrected chi connectivity index (χ0v) is 17.9. The topological polar surface area (TPSA) is 79.0 Å². The number of fused-ring (bicyclic) bond motifs is 1. The summed E-state index contributed by atoms with van der Waals surface area (Å²) >= 11 is 6.21. The molecule has 1 unspecified atom stereocenters. The molecule has 1 aromatic heterocycles. The zero-order chi connectivity index (χ0) is 21.9. The van der Waals surface area contributed by atoms with Crippen LogP contribution in [0.2, 0.25) is 5.02 Å². The predicted molar refractivity (Wildman–Crippen MR) is 126 cm³/mol. The first-order valence-electron chi connectivity index (χ1n) is 10.3. The molecule has 0 spiro atoms. The highest BCUT2D eigenvalue weighted by atomic mass is 35.5. The van der Waals surface area contributed by atoms with Crippen LogP contribution in [-0.2, 0) is 11.4 Å². The van der Waals surface area contributed by atoms with Gasteiger partial charge in [0.05, 0.1) is 0 Å². The molecule has 1 atom stereocenters. The third-order valence-corrected chi connectivity index (χ3v) is 5.85. The van der Waals surface area contributed by atoms with Crippen molar-refractivity contribution in [3.05, 3.63) is 101 Å². The Morgan fingerprint density at radius 1 is 1.00 bits per heavy atom. The molecule has 2 heterocycles. The average molecular weight is 445 g/mol. The van der Waals surface area contributed by atoms with E-state index >= 15 is 0 Å². The summed E-state index contributed by atoms with van der Waals surface area (Å²) in [6.45, 7) is 0.391. The van der Waals surface area contributed by atoms with Crippen LogP contribution in [0.5, 0.6) is 5.75 Å². The molecular weight excluding hydrogens is 424 g/mol. The van der Waals surface area contributed by atoms with Crippen molar-refractivity contribution in [3.8, 4) is 5.75 Å². The summed E-state index contributed by atoms with van der Waals surface area (Å²) in [4.78, 5) is 12.3. The Morgan fingerprint density at radius 2 is 1.75 bits per heavy atom. The van der Waals surface area contributed by atoms with Crippen LogP contribution in [0.25, 0.3) is 0 Å². The molecule has 32 heavy (non-hydrogen) atoms. The van der Waals surface area contributed by atoms with Gasteiger partial charge in [-0.1, -0.05) is 60.1 Å². The summed E-state index contributed by atoms with van der Waals surface area (Å²) in [5, 5.41) is 14.3. The molecular formula is C25H21ClN4O2. The molecule has 0 saturated carbocycles. The highest BCUT2D eigenvalue weighted by Crippen LogP contribution is 2.41. The van der Waals surface area contributed by atoms with Crippen LogP contribution in [0.4, 0.5) is 17.3 Å². The fourth-order valence-corrected chi connectivity index (χ4v) is 4.06. The number of aromatic nitrogens is 2. The fraction of sp³-hybridized carbons (Fsp3) is 0.120. The van der Waals surface area contributed by atoms with Crippen LogP contribution in [0, 0.1) is 0 Å². The lowest BCUT2D eigenvalue weighted by atomic mass is 9.86. The summed E-state index contributed by atoms with van der Waals surface area (Å²) < 4.78 is 5.90. The Balaban J connectivity index is 1.37. The van der Waals surface area contributed by atoms with E-state index < -0.39 is 0 Å². The number of para-hydroxylation sites is 1. The van der Waals surface area contributed by atoms with Crippen LogP contribution in [0.3, 0.4) is 0 Å². The van der Waals surface area contributed by atoms with Crippen molar-refractivity contribution >= 4 is 34.8 Å². The lowest BCUT2D eigenvalue weighted by molar-refractivity contribution is -0.116. The van der Waals surface area contributed by atoms with Gasteiger partial charge < -0.3 is 15.4 Å². The number of carbonyl (C=O) groups is 1. The third-order valence-electron chi connectivity index (χ3n) is 5.48. The zero-order valence-electron chi connectivity index (χ0n) is 17.1. The first kappa shape index (κ1) is 20.2. The van der Waals surface area contributed by atoms with Crippen molar-refractivity contribution in [1.29, 1.82) is 0 Å². The Morgan fingerprint density at radius 3 is 2.53 bits per heavy atom. The number of aromatic amines is 1. The molecule has 1 aliphatic heterocycles. The predicted octanol–water partition coefficient (Wildman–Crippen LogP) is 5.86. The Labute approximate surface area is 190 Å². The van der Waals surface area contributed by atoms with E-state index in [2.05, 4.69) is 20.8 Å². The maximum atomic E-state index is 12.3. The SMILES string of the molecule is O=C1CC(c2ccc(OCc3ccccc3Cl)cc2)c2c(n[nH]c2Nc2ccccc2)N1. The van der Waals surface area contributed by atoms with Crippen LogP contribution < -0.4 is 15.4 Å². The minimum absolute atomic E-state index is 0.0562. The second-order valence-electron chi connectivity index (χ2n) is 7.61. The van der Waals surface area contributed by atoms with E-state index in [0.717, 1.165) is 33.9 Å². The fourth-order valence-electron chi connectivity index (χ4n) is 3.87. The summed E-state index contributed by atoms with van der Waals surface area (Å²) in [6, 6.07) is 25.3. The van der Waals surface area contributed by atoms with Crippen LogP contribution in [0.15, 0.2) is 78.9 Å². The van der Waals surface area contributed by atoms with E-state index in [4.69, 9.17) is 16.3 Å². The minimum Gasteiger partial charge on any atom is -0.489 e. The molecule has 3 N–H and O–H groups in total. The van der Waals surface area contributed by atoms with Gasteiger partial charge in [0.2, 0.25) is 5.91 Å². The van der Waals surface area contributed by atoms with Crippen molar-refractivity contribution in [3.63, 3.8) is 0 Å². The van der Waals surface area contributed by atoms with Crippen molar-refractivity contribution in [2.45, 2.75) is 18.9 Å². The first-order chi connectivity index (χ1) is 15.7. The number of hydrogen-bond donors (Lipinski definition) is 3. The van der Waals surface area contributed by atoms with E-state index in [1.165, 1.54) is 0 Å². The minimum atomic E-state index is -0.124. The summed E-state index contributed by atoms with van der Waals surface area (Å²) in [5.74, 6) is 1.89. The number of anilines is 3. The van der Waals surface area contributed by atoms with Crippen molar-refractivity contribution in [2.24, 2.45) is 0 Å². The van der Waals surface area contributed by atoms with Gasteiger partial charge in [-0.25, -0.2) is 0 Å². The maximum absolute atomic E-state index is 12.3. The molecule has 6 nitrogen and oxygen atoms in total. The second-order valence-corrected chi connectivity index (χ2v) is 8.01. The largest absolute Gasteiger partial charge is 0.489 e. The molecule has 1 amide bonds. The number of benzene rings is 3. The van der Waals surface area contributed by atoms with Gasteiger partial charge in [0.15, 0.2) is 5.82 Å². The summed E-state index contributed by atoms with van der Waals surface area (Å²) in [5.41, 5.74) is 3.83. The number of ether oxygens (including phenoxy) is 1. The van der Waals surface area contributed by atoms with Gasteiger partial charge in [-0.3, -0.25) is 9.89 Å². The van der Waals surface area contributed by atoms with Gasteiger partial charge in [-0.15, -0.1) is 0 Å². The van der Waals surface area contributed by atoms with Gasteiger partial charge in [0.25, 0.3) is 0 Å². The van der Waals surface area contributed by atoms with Gasteiger partial charge in [0.1, 0.15) is 18.2 Å². The molecule has 0 radical (unpaired) electrons. The van der Waals surface area contributed by atoms with Crippen LogP contribution in [-0.4, -0.2) is 16.1 Å². The number of rotatable bonds is 6. The molecule has 7 heteroatoms. The van der Waals surface area contributed by atoms with E-state index in [1.54, 1.807) is 0 Å². The second kappa shape index (κ2) is 8.77. The third kappa shape index (κ3) is 4.18. The average Bonchev–Trinajstić information content (AvgIpc) is 3.21. The summed E-state index contributed by atoms with van der Waals surface area (Å²) in [7, 11) is 0. The quantitative estimate of drug-likeness (QED) is 0.348. The highest BCUT2D eigenvalue weighted by molar-refractivity contribution is 6.31. The molecule has 0 fully saturated rings. The maximum Gasteiger partial charge on any atom is 0.226 e. The number of H-pyrrole nitrogens is 1. The van der Waals surface area contributed by atoms with E-state index in [9.17, 15) is 4.79 Å². The van der Waals surface area contributed by atoms with Gasteiger partial charge in [-0.2, -0.15) is 5.10 Å². The molecule has 1 aliphatic rings. The van der Waals surface area contributed by atoms with E-state index in [-0.39, 0.29) is 11.8 Å². The number of nitrogens with zero attached hydrogens (tertiary/aromatic N) is 1. The lowest BCUT2D eigenvalue weighted by Crippen LogP contribution is -2.23. The molecule has 5 rings (SSSR count). The first-order valence-corrected chi connectivity index (χ1v) is 10.7. The van der Waals surface area contributed by atoms with Crippen molar-refractivity contribution < 1.29 is 9.53 Å². The van der Waals surface area contributed by atoms with Gasteiger partial charge in [0, 0.05) is 34.2 Å². The standard InChI is InChI=1S/C25H21ClN4O2/c26-21-9-5-4-6-17(21)15-32-19-12-10-16(11-13-19)20-14-22(31)28-25-23(20)24(29-30-25)27-18-7-2-1-3-8-18/h1-13,20H,14-15H2,(H3,27,28,29,30,31). The highest BCUT2D eigenvalue weighted by Gasteiger charge is 2.31. The van der Waals surface area contributed by atoms with E-state index in [1.807, 2.05) is 78.9 Å². The number of carbonyl (C=O) groups excluding carboxylic acids is 1. The van der Waals surface area contributed by atoms with Crippen molar-refractivity contribution in [1.82, 2.24) is 10.2 Å². The number of hydrogen-bond acceptors (Lipinski definition) is 4. The number of amides is 1. The van der Waals surface area contributed by atoms with E-state index in [0.29, 0.717) is 23.9 Å². The number of halogens is 1. The Kier molecular flexibility index (Phi) is 5.52. The molecule has 4 aromatic rings. The molecule has 160 valence electrons. The number of nitrogens with one attached hydrogen (secondary N) is 3. The molecule has 0 saturated heterocycles. The Hall–Kier alpha value is -3.77. The molecule has 3 aromatic carbocycles. The van der Waals surface area contributed by atoms with Gasteiger partial charge in [-0.05, 0) is 35.9 Å². The summed E-state index contributed by atoms with van der Waals surface area (Å²) in [6.07, 6.45) is 0.343. The molecule has 0 aliphatic carbocycles. The smallest absolute Gasteiger partial charge is 0.226 e. The Bertz CT molecular complexity index is 1240.